The molecule has 1 heterocycles. The highest BCUT2D eigenvalue weighted by molar-refractivity contribution is 6.14. The van der Waals surface area contributed by atoms with Crippen LogP contribution in [-0.4, -0.2) is 12.4 Å². The van der Waals surface area contributed by atoms with Crippen molar-refractivity contribution in [1.82, 2.24) is 0 Å². The van der Waals surface area contributed by atoms with Crippen molar-refractivity contribution in [2.75, 3.05) is 6.61 Å². The molecule has 4 heteroatoms. The van der Waals surface area contributed by atoms with E-state index in [1.54, 1.807) is 6.08 Å². The SMILES string of the molecule is O=C1/C(=C\c2cccc(OCc3ccccc3)c2)COc2ccc(F)cc21. The molecule has 4 rings (SSSR count). The van der Waals surface area contributed by atoms with Crippen LogP contribution in [0.15, 0.2) is 78.4 Å². The van der Waals surface area contributed by atoms with Gasteiger partial charge in [-0.1, -0.05) is 42.5 Å². The van der Waals surface area contributed by atoms with E-state index in [0.717, 1.165) is 11.1 Å². The monoisotopic (exact) mass is 360 g/mol. The van der Waals surface area contributed by atoms with Crippen LogP contribution >= 0.6 is 0 Å². The van der Waals surface area contributed by atoms with E-state index in [0.29, 0.717) is 23.7 Å². The molecule has 0 N–H and O–H groups in total. The summed E-state index contributed by atoms with van der Waals surface area (Å²) in [5.74, 6) is 0.455. The van der Waals surface area contributed by atoms with E-state index in [9.17, 15) is 9.18 Å². The predicted molar refractivity (Wildman–Crippen MR) is 101 cm³/mol. The van der Waals surface area contributed by atoms with Gasteiger partial charge in [0.25, 0.3) is 0 Å². The van der Waals surface area contributed by atoms with E-state index in [2.05, 4.69) is 0 Å². The van der Waals surface area contributed by atoms with Gasteiger partial charge in [-0.15, -0.1) is 0 Å². The van der Waals surface area contributed by atoms with Crippen molar-refractivity contribution < 1.29 is 18.7 Å². The third-order valence-corrected chi connectivity index (χ3v) is 4.31. The summed E-state index contributed by atoms with van der Waals surface area (Å²) >= 11 is 0. The van der Waals surface area contributed by atoms with Crippen molar-refractivity contribution in [2.24, 2.45) is 0 Å². The van der Waals surface area contributed by atoms with Crippen LogP contribution in [0.4, 0.5) is 4.39 Å². The Morgan fingerprint density at radius 3 is 2.70 bits per heavy atom. The Hall–Kier alpha value is -3.40. The Morgan fingerprint density at radius 1 is 1.00 bits per heavy atom. The molecule has 0 aromatic heterocycles. The van der Waals surface area contributed by atoms with Crippen LogP contribution in [0.2, 0.25) is 0 Å². The number of Topliss-reactive ketones (excluding diaryl/α,β-unsaturated/α-hetero) is 1. The van der Waals surface area contributed by atoms with Crippen molar-refractivity contribution in [1.29, 1.82) is 0 Å². The summed E-state index contributed by atoms with van der Waals surface area (Å²) in [5, 5.41) is 0. The summed E-state index contributed by atoms with van der Waals surface area (Å²) in [7, 11) is 0. The Bertz CT molecular complexity index is 1010. The minimum atomic E-state index is -0.455. The highest BCUT2D eigenvalue weighted by Gasteiger charge is 2.23. The molecule has 1 aliphatic heterocycles. The Morgan fingerprint density at radius 2 is 1.85 bits per heavy atom. The lowest BCUT2D eigenvalue weighted by Gasteiger charge is -2.18. The Labute approximate surface area is 156 Å². The summed E-state index contributed by atoms with van der Waals surface area (Å²) in [6, 6.07) is 21.4. The second-order valence-corrected chi connectivity index (χ2v) is 6.27. The van der Waals surface area contributed by atoms with Gasteiger partial charge in [0.05, 0.1) is 5.56 Å². The van der Waals surface area contributed by atoms with Crippen LogP contribution in [0.3, 0.4) is 0 Å². The Balaban J connectivity index is 1.53. The quantitative estimate of drug-likeness (QED) is 0.610. The standard InChI is InChI=1S/C23H17FO3/c24-19-9-10-22-21(13-19)23(25)18(15-27-22)11-17-7-4-8-20(12-17)26-14-16-5-2-1-3-6-16/h1-13H,14-15H2/b18-11-. The fourth-order valence-corrected chi connectivity index (χ4v) is 2.94. The lowest BCUT2D eigenvalue weighted by atomic mass is 9.98. The molecule has 0 fully saturated rings. The van der Waals surface area contributed by atoms with E-state index < -0.39 is 5.82 Å². The third-order valence-electron chi connectivity index (χ3n) is 4.31. The smallest absolute Gasteiger partial charge is 0.196 e. The largest absolute Gasteiger partial charge is 0.489 e. The number of ether oxygens (including phenoxy) is 2. The topological polar surface area (TPSA) is 35.5 Å². The molecular formula is C23H17FO3. The first-order chi connectivity index (χ1) is 13.2. The molecule has 3 aromatic carbocycles. The lowest BCUT2D eigenvalue weighted by Crippen LogP contribution is -2.19. The molecule has 0 bridgehead atoms. The maximum absolute atomic E-state index is 13.5. The van der Waals surface area contributed by atoms with E-state index in [1.165, 1.54) is 18.2 Å². The average molecular weight is 360 g/mol. The molecule has 3 nitrogen and oxygen atoms in total. The molecule has 0 saturated carbocycles. The first kappa shape index (κ1) is 17.0. The van der Waals surface area contributed by atoms with Crippen LogP contribution in [0, 0.1) is 5.82 Å². The van der Waals surface area contributed by atoms with E-state index in [4.69, 9.17) is 9.47 Å². The summed E-state index contributed by atoms with van der Waals surface area (Å²) in [6.45, 7) is 0.627. The van der Waals surface area contributed by atoms with E-state index in [1.807, 2.05) is 54.6 Å². The molecular weight excluding hydrogens is 343 g/mol. The molecule has 0 atom stereocenters. The zero-order chi connectivity index (χ0) is 18.6. The normalized spacial score (nSPS) is 14.6. The maximum atomic E-state index is 13.5. The van der Waals surface area contributed by atoms with Crippen molar-refractivity contribution in [2.45, 2.75) is 6.61 Å². The number of carbonyl (C=O) groups is 1. The average Bonchev–Trinajstić information content (AvgIpc) is 2.70. The second kappa shape index (κ2) is 7.46. The van der Waals surface area contributed by atoms with Crippen LogP contribution in [0.5, 0.6) is 11.5 Å². The molecule has 3 aromatic rings. The van der Waals surface area contributed by atoms with Gasteiger partial charge < -0.3 is 9.47 Å². The molecule has 0 saturated heterocycles. The number of hydrogen-bond donors (Lipinski definition) is 0. The van der Waals surface area contributed by atoms with Crippen LogP contribution in [0.25, 0.3) is 6.08 Å². The molecule has 0 aliphatic carbocycles. The fourth-order valence-electron chi connectivity index (χ4n) is 2.94. The number of carbonyl (C=O) groups excluding carboxylic acids is 1. The first-order valence-corrected chi connectivity index (χ1v) is 8.63. The van der Waals surface area contributed by atoms with Gasteiger partial charge in [0.15, 0.2) is 5.78 Å². The van der Waals surface area contributed by atoms with Gasteiger partial charge in [0, 0.05) is 5.57 Å². The van der Waals surface area contributed by atoms with Crippen molar-refractivity contribution in [3.63, 3.8) is 0 Å². The summed E-state index contributed by atoms with van der Waals surface area (Å²) in [5.41, 5.74) is 2.64. The van der Waals surface area contributed by atoms with Gasteiger partial charge in [-0.3, -0.25) is 4.79 Å². The van der Waals surface area contributed by atoms with Crippen LogP contribution in [0.1, 0.15) is 21.5 Å². The molecule has 0 unspecified atom stereocenters. The van der Waals surface area contributed by atoms with E-state index in [-0.39, 0.29) is 18.0 Å². The minimum absolute atomic E-state index is 0.159. The zero-order valence-electron chi connectivity index (χ0n) is 14.5. The van der Waals surface area contributed by atoms with E-state index >= 15 is 0 Å². The molecule has 0 radical (unpaired) electrons. The number of ketones is 1. The maximum Gasteiger partial charge on any atom is 0.196 e. The highest BCUT2D eigenvalue weighted by Crippen LogP contribution is 2.29. The van der Waals surface area contributed by atoms with Gasteiger partial charge in [0.1, 0.15) is 30.5 Å². The first-order valence-electron chi connectivity index (χ1n) is 8.63. The van der Waals surface area contributed by atoms with Gasteiger partial charge >= 0.3 is 0 Å². The third kappa shape index (κ3) is 3.90. The predicted octanol–water partition coefficient (Wildman–Crippen LogP) is 5.06. The van der Waals surface area contributed by atoms with Gasteiger partial charge in [-0.2, -0.15) is 0 Å². The molecule has 0 spiro atoms. The molecule has 1 aliphatic rings. The van der Waals surface area contributed by atoms with Crippen LogP contribution < -0.4 is 9.47 Å². The lowest BCUT2D eigenvalue weighted by molar-refractivity contribution is 0.1000. The van der Waals surface area contributed by atoms with Gasteiger partial charge in [-0.25, -0.2) is 4.39 Å². The minimum Gasteiger partial charge on any atom is -0.489 e. The summed E-state index contributed by atoms with van der Waals surface area (Å²) in [6.07, 6.45) is 1.76. The summed E-state index contributed by atoms with van der Waals surface area (Å²) in [4.78, 5) is 12.6. The van der Waals surface area contributed by atoms with Gasteiger partial charge in [0.2, 0.25) is 0 Å². The molecule has 27 heavy (non-hydrogen) atoms. The number of halogens is 1. The number of fused-ring (bicyclic) bond motifs is 1. The van der Waals surface area contributed by atoms with Crippen molar-refractivity contribution in [3.05, 3.63) is 101 Å². The van der Waals surface area contributed by atoms with Crippen molar-refractivity contribution >= 4 is 11.9 Å². The molecule has 134 valence electrons. The molecule has 0 amide bonds. The second-order valence-electron chi connectivity index (χ2n) is 6.27. The highest BCUT2D eigenvalue weighted by atomic mass is 19.1. The number of hydrogen-bond acceptors (Lipinski definition) is 3. The summed E-state index contributed by atoms with van der Waals surface area (Å²) < 4.78 is 24.9. The number of benzene rings is 3. The zero-order valence-corrected chi connectivity index (χ0v) is 14.5. The fraction of sp³-hybridized carbons (Fsp3) is 0.0870. The number of rotatable bonds is 4. The van der Waals surface area contributed by atoms with Crippen LogP contribution in [-0.2, 0) is 6.61 Å². The van der Waals surface area contributed by atoms with Gasteiger partial charge in [-0.05, 0) is 47.5 Å². The van der Waals surface area contributed by atoms with Crippen molar-refractivity contribution in [3.8, 4) is 11.5 Å². The Kier molecular flexibility index (Phi) is 4.71.